The number of aromatic nitrogens is 3. The van der Waals surface area contributed by atoms with Crippen LogP contribution in [0.4, 0.5) is 0 Å². The first-order valence-corrected chi connectivity index (χ1v) is 12.2. The normalized spacial score (nSPS) is 14.3. The Balaban J connectivity index is 1.61. The van der Waals surface area contributed by atoms with Crippen molar-refractivity contribution in [1.29, 1.82) is 5.26 Å². The lowest BCUT2D eigenvalue weighted by molar-refractivity contribution is 0.103. The van der Waals surface area contributed by atoms with Crippen LogP contribution in [0, 0.1) is 11.3 Å². The second-order valence-electron chi connectivity index (χ2n) is 10.3. The van der Waals surface area contributed by atoms with Gasteiger partial charge < -0.3 is 9.88 Å². The number of aromatic amines is 1. The minimum absolute atomic E-state index is 0.0471. The average molecular weight is 466 g/mol. The number of carbonyl (C=O) groups excluding carboxylic acids is 1. The Labute approximate surface area is 206 Å². The molecule has 0 amide bonds. The summed E-state index contributed by atoms with van der Waals surface area (Å²) >= 11 is 0. The Bertz CT molecular complexity index is 1500. The fourth-order valence-electron chi connectivity index (χ4n) is 5.33. The van der Waals surface area contributed by atoms with Crippen molar-refractivity contribution in [3.8, 4) is 17.2 Å². The Hall–Kier alpha value is -3.69. The number of H-pyrrole nitrogens is 1. The number of aryl methyl sites for hydroxylation is 2. The molecule has 0 aliphatic heterocycles. The van der Waals surface area contributed by atoms with Gasteiger partial charge in [-0.15, -0.1) is 0 Å². The number of hydrogen-bond donors (Lipinski definition) is 1. The first-order chi connectivity index (χ1) is 16.7. The maximum Gasteiger partial charge on any atom is 0.195 e. The highest BCUT2D eigenvalue weighted by molar-refractivity contribution is 6.20. The summed E-state index contributed by atoms with van der Waals surface area (Å²) < 4.78 is 2.01. The lowest BCUT2D eigenvalue weighted by Crippen LogP contribution is -2.30. The molecule has 0 atom stereocenters. The Kier molecular flexibility index (Phi) is 5.61. The summed E-state index contributed by atoms with van der Waals surface area (Å²) in [5, 5.41) is 14.8. The van der Waals surface area contributed by atoms with Gasteiger partial charge in [0.2, 0.25) is 0 Å². The van der Waals surface area contributed by atoms with E-state index >= 15 is 0 Å². The van der Waals surface area contributed by atoms with E-state index in [2.05, 4.69) is 74.2 Å². The number of benzene rings is 2. The van der Waals surface area contributed by atoms with E-state index in [1.807, 2.05) is 23.0 Å². The minimum Gasteiger partial charge on any atom is -0.357 e. The highest BCUT2D eigenvalue weighted by Crippen LogP contribution is 2.45. The first-order valence-electron chi connectivity index (χ1n) is 12.2. The SMILES string of the molecule is CCc1cc2c(cc1-c1cnn(CCCN(C)C)c1)C(C)(C)c1[nH]c3cc(C#N)ccc3c1C2=O. The molecule has 2 heterocycles. The van der Waals surface area contributed by atoms with Crippen LogP contribution in [0.15, 0.2) is 42.7 Å². The van der Waals surface area contributed by atoms with Crippen LogP contribution in [0.5, 0.6) is 0 Å². The van der Waals surface area contributed by atoms with Crippen LogP contribution in [0.3, 0.4) is 0 Å². The Morgan fingerprint density at radius 3 is 2.69 bits per heavy atom. The maximum atomic E-state index is 13.8. The van der Waals surface area contributed by atoms with E-state index in [1.54, 1.807) is 6.07 Å². The molecule has 2 aromatic carbocycles. The van der Waals surface area contributed by atoms with Crippen molar-refractivity contribution in [3.63, 3.8) is 0 Å². The molecule has 5 rings (SSSR count). The number of fused-ring (bicyclic) bond motifs is 4. The van der Waals surface area contributed by atoms with Crippen LogP contribution in [-0.2, 0) is 18.4 Å². The van der Waals surface area contributed by atoms with Gasteiger partial charge in [0.1, 0.15) is 0 Å². The molecule has 0 radical (unpaired) electrons. The summed E-state index contributed by atoms with van der Waals surface area (Å²) in [6.07, 6.45) is 5.92. The van der Waals surface area contributed by atoms with Crippen LogP contribution in [-0.4, -0.2) is 46.1 Å². The third kappa shape index (κ3) is 3.77. The molecule has 0 fully saturated rings. The molecular weight excluding hydrogens is 434 g/mol. The van der Waals surface area contributed by atoms with Crippen molar-refractivity contribution in [3.05, 3.63) is 76.2 Å². The molecule has 4 aromatic rings. The average Bonchev–Trinajstić information content (AvgIpc) is 3.46. The highest BCUT2D eigenvalue weighted by Gasteiger charge is 2.40. The molecule has 0 saturated heterocycles. The molecule has 1 aliphatic rings. The minimum atomic E-state index is -0.396. The van der Waals surface area contributed by atoms with Gasteiger partial charge in [0.15, 0.2) is 5.78 Å². The zero-order valence-corrected chi connectivity index (χ0v) is 21.1. The zero-order valence-electron chi connectivity index (χ0n) is 21.1. The van der Waals surface area contributed by atoms with E-state index in [-0.39, 0.29) is 5.78 Å². The van der Waals surface area contributed by atoms with Crippen LogP contribution in [0.25, 0.3) is 22.0 Å². The van der Waals surface area contributed by atoms with E-state index in [0.717, 1.165) is 75.9 Å². The van der Waals surface area contributed by atoms with Crippen molar-refractivity contribution in [2.24, 2.45) is 0 Å². The molecule has 1 aliphatic carbocycles. The van der Waals surface area contributed by atoms with E-state index in [0.29, 0.717) is 5.56 Å². The predicted octanol–water partition coefficient (Wildman–Crippen LogP) is 5.29. The van der Waals surface area contributed by atoms with E-state index in [9.17, 15) is 10.1 Å². The second kappa shape index (κ2) is 8.51. The lowest BCUT2D eigenvalue weighted by Gasteiger charge is -2.33. The van der Waals surface area contributed by atoms with Crippen LogP contribution in [0.2, 0.25) is 0 Å². The summed E-state index contributed by atoms with van der Waals surface area (Å²) in [7, 11) is 4.17. The summed E-state index contributed by atoms with van der Waals surface area (Å²) in [6.45, 7) is 8.35. The summed E-state index contributed by atoms with van der Waals surface area (Å²) in [5.74, 6) is 0.0471. The summed E-state index contributed by atoms with van der Waals surface area (Å²) in [5.41, 5.74) is 7.82. The van der Waals surface area contributed by atoms with Gasteiger partial charge in [-0.3, -0.25) is 9.48 Å². The molecule has 6 nitrogen and oxygen atoms in total. The monoisotopic (exact) mass is 465 g/mol. The van der Waals surface area contributed by atoms with Gasteiger partial charge in [0.25, 0.3) is 0 Å². The molecule has 0 spiro atoms. The molecule has 6 heteroatoms. The molecule has 0 unspecified atom stereocenters. The Morgan fingerprint density at radius 1 is 1.17 bits per heavy atom. The molecule has 2 aromatic heterocycles. The number of nitrogens with one attached hydrogen (secondary N) is 1. The van der Waals surface area contributed by atoms with E-state index < -0.39 is 5.41 Å². The van der Waals surface area contributed by atoms with Crippen molar-refractivity contribution in [2.45, 2.75) is 45.6 Å². The van der Waals surface area contributed by atoms with E-state index in [4.69, 9.17) is 0 Å². The van der Waals surface area contributed by atoms with Gasteiger partial charge in [-0.1, -0.05) is 26.8 Å². The van der Waals surface area contributed by atoms with Crippen molar-refractivity contribution < 1.29 is 4.79 Å². The van der Waals surface area contributed by atoms with E-state index in [1.165, 1.54) is 0 Å². The van der Waals surface area contributed by atoms with Crippen molar-refractivity contribution in [1.82, 2.24) is 19.7 Å². The lowest BCUT2D eigenvalue weighted by atomic mass is 9.70. The molecule has 178 valence electrons. The standard InChI is InChI=1S/C29H31N5O/c1-6-19-13-23-24(14-22(19)20-16-31-34(17-20)11-7-10-33(4)5)29(2,3)28-26(27(23)35)21-9-8-18(15-30)12-25(21)32-28/h8-9,12-14,16-17,32H,6-7,10-11H2,1-5H3. The van der Waals surface area contributed by atoms with Gasteiger partial charge in [0.05, 0.1) is 23.4 Å². The number of ketones is 1. The third-order valence-electron chi connectivity index (χ3n) is 7.26. The van der Waals surface area contributed by atoms with Gasteiger partial charge in [-0.2, -0.15) is 10.4 Å². The number of nitriles is 1. The number of hydrogen-bond acceptors (Lipinski definition) is 4. The molecule has 0 saturated carbocycles. The first kappa shape index (κ1) is 23.1. The quantitative estimate of drug-likeness (QED) is 0.420. The van der Waals surface area contributed by atoms with Crippen LogP contribution < -0.4 is 0 Å². The highest BCUT2D eigenvalue weighted by atomic mass is 16.1. The topological polar surface area (TPSA) is 77.7 Å². The van der Waals surface area contributed by atoms with Crippen LogP contribution >= 0.6 is 0 Å². The second-order valence-corrected chi connectivity index (χ2v) is 10.3. The third-order valence-corrected chi connectivity index (χ3v) is 7.26. The smallest absolute Gasteiger partial charge is 0.195 e. The molecule has 35 heavy (non-hydrogen) atoms. The fraction of sp³-hybridized carbons (Fsp3) is 0.345. The summed E-state index contributed by atoms with van der Waals surface area (Å²) in [6, 6.07) is 12.0. The Morgan fingerprint density at radius 2 is 1.97 bits per heavy atom. The maximum absolute atomic E-state index is 13.8. The number of nitrogens with zero attached hydrogens (tertiary/aromatic N) is 4. The largest absolute Gasteiger partial charge is 0.357 e. The molecule has 0 bridgehead atoms. The van der Waals surface area contributed by atoms with Gasteiger partial charge in [-0.05, 0) is 74.4 Å². The zero-order chi connectivity index (χ0) is 24.9. The summed E-state index contributed by atoms with van der Waals surface area (Å²) in [4.78, 5) is 19.5. The number of carbonyl (C=O) groups is 1. The van der Waals surface area contributed by atoms with Crippen molar-refractivity contribution >= 4 is 16.7 Å². The fourth-order valence-corrected chi connectivity index (χ4v) is 5.33. The van der Waals surface area contributed by atoms with Gasteiger partial charge in [-0.25, -0.2) is 0 Å². The number of rotatable bonds is 6. The molecule has 1 N–H and O–H groups in total. The van der Waals surface area contributed by atoms with Gasteiger partial charge in [0, 0.05) is 45.9 Å². The van der Waals surface area contributed by atoms with Crippen LogP contribution in [0.1, 0.15) is 65.5 Å². The van der Waals surface area contributed by atoms with Crippen molar-refractivity contribution in [2.75, 3.05) is 20.6 Å². The predicted molar refractivity (Wildman–Crippen MR) is 139 cm³/mol. The van der Waals surface area contributed by atoms with Gasteiger partial charge >= 0.3 is 0 Å². The molecular formula is C29H31N5O.